The minimum Gasteiger partial charge on any atom is -0.310 e. The molecule has 1 N–H and O–H groups in total. The molecule has 1 saturated carbocycles. The molecule has 1 aromatic heterocycles. The second kappa shape index (κ2) is 4.36. The van der Waals surface area contributed by atoms with Crippen LogP contribution < -0.4 is 5.32 Å². The van der Waals surface area contributed by atoms with Gasteiger partial charge in [-0.05, 0) is 56.4 Å². The van der Waals surface area contributed by atoms with E-state index in [2.05, 4.69) is 44.3 Å². The van der Waals surface area contributed by atoms with Gasteiger partial charge in [0, 0.05) is 23.7 Å². The Kier molecular flexibility index (Phi) is 2.83. The maximum Gasteiger partial charge on any atom is 0.0740 e. The molecule has 0 amide bonds. The lowest BCUT2D eigenvalue weighted by atomic mass is 10.0. The highest BCUT2D eigenvalue weighted by Gasteiger charge is 2.20. The predicted molar refractivity (Wildman–Crippen MR) is 75.8 cm³/mol. The number of aryl methyl sites for hydroxylation is 3. The molecule has 3 rings (SSSR count). The van der Waals surface area contributed by atoms with Crippen molar-refractivity contribution in [2.24, 2.45) is 0 Å². The molecule has 2 aromatic rings. The van der Waals surface area contributed by atoms with Gasteiger partial charge in [-0.15, -0.1) is 0 Å². The fourth-order valence-corrected chi connectivity index (χ4v) is 2.43. The Morgan fingerprint density at radius 1 is 1.22 bits per heavy atom. The number of aromatic nitrogens is 1. The van der Waals surface area contributed by atoms with E-state index in [1.54, 1.807) is 0 Å². The number of nitrogens with zero attached hydrogens (tertiary/aromatic N) is 1. The molecule has 0 aliphatic heterocycles. The second-order valence-corrected chi connectivity index (χ2v) is 5.48. The van der Waals surface area contributed by atoms with E-state index in [4.69, 9.17) is 4.98 Å². The topological polar surface area (TPSA) is 24.9 Å². The van der Waals surface area contributed by atoms with Gasteiger partial charge in [0.1, 0.15) is 0 Å². The average Bonchev–Trinajstić information content (AvgIpc) is 3.15. The van der Waals surface area contributed by atoms with Crippen molar-refractivity contribution in [2.75, 3.05) is 0 Å². The lowest BCUT2D eigenvalue weighted by molar-refractivity contribution is 0.690. The summed E-state index contributed by atoms with van der Waals surface area (Å²) in [5.74, 6) is 0. The lowest BCUT2D eigenvalue weighted by Crippen LogP contribution is -2.16. The highest BCUT2D eigenvalue weighted by atomic mass is 14.9. The summed E-state index contributed by atoms with van der Waals surface area (Å²) in [5.41, 5.74) is 6.30. The Morgan fingerprint density at radius 3 is 2.72 bits per heavy atom. The summed E-state index contributed by atoms with van der Waals surface area (Å²) in [6.45, 7) is 7.37. The van der Waals surface area contributed by atoms with E-state index in [1.807, 2.05) is 0 Å². The third kappa shape index (κ3) is 2.13. The molecule has 0 atom stereocenters. The van der Waals surface area contributed by atoms with Crippen LogP contribution in [0.1, 0.15) is 35.2 Å². The molecule has 2 heteroatoms. The minimum absolute atomic E-state index is 0.750. The van der Waals surface area contributed by atoms with Crippen molar-refractivity contribution in [3.05, 3.63) is 40.6 Å². The van der Waals surface area contributed by atoms with E-state index < -0.39 is 0 Å². The number of rotatable bonds is 3. The van der Waals surface area contributed by atoms with Gasteiger partial charge < -0.3 is 5.32 Å². The molecule has 94 valence electrons. The molecule has 1 aliphatic rings. The molecule has 1 aromatic carbocycles. The monoisotopic (exact) mass is 240 g/mol. The summed E-state index contributed by atoms with van der Waals surface area (Å²) < 4.78 is 0. The van der Waals surface area contributed by atoms with Crippen molar-refractivity contribution in [3.8, 4) is 0 Å². The predicted octanol–water partition coefficient (Wildman–Crippen LogP) is 3.41. The minimum atomic E-state index is 0.750. The first-order valence-electron chi connectivity index (χ1n) is 6.75. The normalized spacial score (nSPS) is 15.3. The first kappa shape index (κ1) is 11.7. The molecule has 2 nitrogen and oxygen atoms in total. The molecule has 0 saturated heterocycles. The van der Waals surface area contributed by atoms with Crippen LogP contribution in [0.15, 0.2) is 18.2 Å². The highest BCUT2D eigenvalue weighted by Crippen LogP contribution is 2.25. The number of nitrogens with one attached hydrogen (secondary N) is 1. The Morgan fingerprint density at radius 2 is 2.00 bits per heavy atom. The van der Waals surface area contributed by atoms with Crippen LogP contribution in [0.4, 0.5) is 0 Å². The van der Waals surface area contributed by atoms with Crippen molar-refractivity contribution < 1.29 is 0 Å². The van der Waals surface area contributed by atoms with Gasteiger partial charge in [-0.2, -0.15) is 0 Å². The fourth-order valence-electron chi connectivity index (χ4n) is 2.43. The zero-order chi connectivity index (χ0) is 12.7. The summed E-state index contributed by atoms with van der Waals surface area (Å²) >= 11 is 0. The summed E-state index contributed by atoms with van der Waals surface area (Å²) in [7, 11) is 0. The zero-order valence-corrected chi connectivity index (χ0v) is 11.4. The number of fused-ring (bicyclic) bond motifs is 1. The van der Waals surface area contributed by atoms with Gasteiger partial charge in [-0.1, -0.05) is 12.1 Å². The summed E-state index contributed by atoms with van der Waals surface area (Å²) in [6.07, 6.45) is 2.67. The Labute approximate surface area is 108 Å². The maximum absolute atomic E-state index is 4.71. The van der Waals surface area contributed by atoms with Gasteiger partial charge in [-0.25, -0.2) is 0 Å². The smallest absolute Gasteiger partial charge is 0.0740 e. The average molecular weight is 240 g/mol. The van der Waals surface area contributed by atoms with E-state index in [1.165, 1.54) is 40.4 Å². The summed E-state index contributed by atoms with van der Waals surface area (Å²) in [4.78, 5) is 4.71. The standard InChI is InChI=1S/C16H20N2/c1-10-4-7-15-13(9-17-14-5-6-14)8-11(2)18-16(15)12(10)3/h4,7-8,14,17H,5-6,9H2,1-3H3. The van der Waals surface area contributed by atoms with E-state index in [0.29, 0.717) is 0 Å². The largest absolute Gasteiger partial charge is 0.310 e. The quantitative estimate of drug-likeness (QED) is 0.889. The van der Waals surface area contributed by atoms with E-state index in [9.17, 15) is 0 Å². The van der Waals surface area contributed by atoms with Gasteiger partial charge in [0.05, 0.1) is 5.52 Å². The molecule has 1 heterocycles. The second-order valence-electron chi connectivity index (χ2n) is 5.48. The lowest BCUT2D eigenvalue weighted by Gasteiger charge is -2.12. The maximum atomic E-state index is 4.71. The molecule has 0 bridgehead atoms. The van der Waals surface area contributed by atoms with Crippen LogP contribution in [0.2, 0.25) is 0 Å². The van der Waals surface area contributed by atoms with Crippen LogP contribution >= 0.6 is 0 Å². The molecule has 18 heavy (non-hydrogen) atoms. The fraction of sp³-hybridized carbons (Fsp3) is 0.438. The van der Waals surface area contributed by atoms with Crippen molar-refractivity contribution in [1.82, 2.24) is 10.3 Å². The van der Waals surface area contributed by atoms with Crippen LogP contribution in [-0.2, 0) is 6.54 Å². The highest BCUT2D eigenvalue weighted by molar-refractivity contribution is 5.86. The molecular weight excluding hydrogens is 220 g/mol. The Hall–Kier alpha value is -1.41. The van der Waals surface area contributed by atoms with Gasteiger partial charge in [-0.3, -0.25) is 4.98 Å². The van der Waals surface area contributed by atoms with Crippen LogP contribution in [-0.4, -0.2) is 11.0 Å². The van der Waals surface area contributed by atoms with Crippen LogP contribution in [0.3, 0.4) is 0 Å². The van der Waals surface area contributed by atoms with Gasteiger partial charge in [0.15, 0.2) is 0 Å². The van der Waals surface area contributed by atoms with E-state index >= 15 is 0 Å². The van der Waals surface area contributed by atoms with Crippen LogP contribution in [0.5, 0.6) is 0 Å². The van der Waals surface area contributed by atoms with Gasteiger partial charge in [0.2, 0.25) is 0 Å². The third-order valence-corrected chi connectivity index (χ3v) is 3.88. The van der Waals surface area contributed by atoms with Crippen molar-refractivity contribution in [3.63, 3.8) is 0 Å². The van der Waals surface area contributed by atoms with Gasteiger partial charge in [0.25, 0.3) is 0 Å². The molecule has 0 unspecified atom stereocenters. The third-order valence-electron chi connectivity index (χ3n) is 3.88. The van der Waals surface area contributed by atoms with Crippen molar-refractivity contribution in [2.45, 2.75) is 46.2 Å². The molecule has 0 spiro atoms. The molecule has 0 radical (unpaired) electrons. The number of hydrogen-bond acceptors (Lipinski definition) is 2. The number of pyridine rings is 1. The van der Waals surface area contributed by atoms with Crippen LogP contribution in [0.25, 0.3) is 10.9 Å². The first-order valence-corrected chi connectivity index (χ1v) is 6.75. The van der Waals surface area contributed by atoms with Gasteiger partial charge >= 0.3 is 0 Å². The van der Waals surface area contributed by atoms with E-state index in [0.717, 1.165) is 18.3 Å². The Balaban J connectivity index is 2.08. The number of hydrogen-bond donors (Lipinski definition) is 1. The number of benzene rings is 1. The first-order chi connectivity index (χ1) is 8.65. The summed E-state index contributed by atoms with van der Waals surface area (Å²) in [6, 6.07) is 7.38. The Bertz CT molecular complexity index is 598. The zero-order valence-electron chi connectivity index (χ0n) is 11.4. The van der Waals surface area contributed by atoms with E-state index in [-0.39, 0.29) is 0 Å². The molecule has 1 aliphatic carbocycles. The van der Waals surface area contributed by atoms with Crippen molar-refractivity contribution >= 4 is 10.9 Å². The SMILES string of the molecule is Cc1cc(CNC2CC2)c2ccc(C)c(C)c2n1. The summed E-state index contributed by atoms with van der Waals surface area (Å²) in [5, 5.41) is 4.90. The van der Waals surface area contributed by atoms with Crippen LogP contribution in [0, 0.1) is 20.8 Å². The molecular formula is C16H20N2. The molecule has 1 fully saturated rings. The van der Waals surface area contributed by atoms with Crippen molar-refractivity contribution in [1.29, 1.82) is 0 Å².